The van der Waals surface area contributed by atoms with Gasteiger partial charge in [0.05, 0.1) is 5.92 Å². The average molecular weight is 756 g/mol. The van der Waals surface area contributed by atoms with Gasteiger partial charge in [0.2, 0.25) is 5.91 Å². The molecule has 1 amide bonds. The van der Waals surface area contributed by atoms with E-state index in [9.17, 15) is 24.3 Å². The second-order valence-electron chi connectivity index (χ2n) is 15.9. The van der Waals surface area contributed by atoms with Crippen molar-refractivity contribution < 1.29 is 43.2 Å². The van der Waals surface area contributed by atoms with Gasteiger partial charge >= 0.3 is 11.9 Å². The molecule has 0 bridgehead atoms. The number of ketones is 1. The first-order valence-electron chi connectivity index (χ1n) is 19.7. The van der Waals surface area contributed by atoms with E-state index in [4.69, 9.17) is 18.9 Å². The molecule has 10 heteroatoms. The lowest BCUT2D eigenvalue weighted by Crippen LogP contribution is -2.56. The molecular weight excluding hydrogens is 686 g/mol. The first-order chi connectivity index (χ1) is 25.5. The highest BCUT2D eigenvalue weighted by atomic mass is 16.6. The van der Waals surface area contributed by atoms with E-state index in [2.05, 4.69) is 24.1 Å². The molecule has 0 aliphatic rings. The molecule has 10 nitrogen and oxygen atoms in total. The molecule has 0 heterocycles. The number of ether oxygens (including phenoxy) is 4. The Balaban J connectivity index is 3.22. The second kappa shape index (κ2) is 25.4. The molecule has 2 N–H and O–H groups in total. The van der Waals surface area contributed by atoms with Gasteiger partial charge in [-0.15, -0.1) is 5.92 Å². The predicted octanol–water partition coefficient (Wildman–Crippen LogP) is 8.01. The highest BCUT2D eigenvalue weighted by Crippen LogP contribution is 2.29. The van der Waals surface area contributed by atoms with Gasteiger partial charge in [0.1, 0.15) is 35.4 Å². The topological polar surface area (TPSA) is 137 Å². The zero-order chi connectivity index (χ0) is 40.6. The Morgan fingerprint density at radius 1 is 0.852 bits per heavy atom. The molecule has 0 spiro atoms. The van der Waals surface area contributed by atoms with Gasteiger partial charge in [-0.1, -0.05) is 75.7 Å². The molecule has 0 radical (unpaired) electrons. The van der Waals surface area contributed by atoms with Crippen molar-refractivity contribution in [1.29, 1.82) is 0 Å². The third kappa shape index (κ3) is 20.7. The van der Waals surface area contributed by atoms with Crippen LogP contribution in [0.25, 0.3) is 0 Å². The summed E-state index contributed by atoms with van der Waals surface area (Å²) in [4.78, 5) is 53.7. The van der Waals surface area contributed by atoms with Crippen molar-refractivity contribution in [2.45, 2.75) is 168 Å². The van der Waals surface area contributed by atoms with E-state index in [-0.39, 0.29) is 26.1 Å². The summed E-state index contributed by atoms with van der Waals surface area (Å²) in [6.45, 7) is 14.4. The molecule has 1 aromatic rings. The average Bonchev–Trinajstić information content (AvgIpc) is 3.08. The Hall–Kier alpha value is -3.68. The van der Waals surface area contributed by atoms with E-state index in [0.29, 0.717) is 30.8 Å². The minimum absolute atomic E-state index is 0.0292. The van der Waals surface area contributed by atoms with Crippen LogP contribution in [0.5, 0.6) is 5.75 Å². The van der Waals surface area contributed by atoms with E-state index in [1.165, 1.54) is 32.4 Å². The fraction of sp³-hybridized carbons (Fsp3) is 0.682. The number of nitrogens with one attached hydrogen (secondary N) is 1. The molecular formula is C44H69NO9. The molecule has 0 saturated carbocycles. The number of unbranched alkanes of at least 4 members (excludes halogenated alkanes) is 8. The standard InChI is InChI=1S/C44H69NO9/c1-10-12-14-17-20-23-35(46)24-21-18-15-16-19-22-25-37(44(50,30-32-51-9)41(49)54-43(6,7)8)39(47)45-38(40(48)53-42(3,4)5)33-34-26-28-36(29-27-34)52-31-13-11-2/h22,25-29,37-38,50H,10,12,14-21,23-24,30-33H2,1-9H3,(H,45,47)/t37-,38+,44+/m1/s1. The van der Waals surface area contributed by atoms with Crippen LogP contribution in [0, 0.1) is 17.8 Å². The van der Waals surface area contributed by atoms with Gasteiger partial charge in [-0.25, -0.2) is 9.59 Å². The second-order valence-corrected chi connectivity index (χ2v) is 15.9. The van der Waals surface area contributed by atoms with Crippen molar-refractivity contribution in [2.75, 3.05) is 20.3 Å². The van der Waals surface area contributed by atoms with Crippen LogP contribution in [-0.2, 0) is 39.8 Å². The van der Waals surface area contributed by atoms with Crippen LogP contribution in [-0.4, -0.2) is 71.9 Å². The molecule has 1 aromatic carbocycles. The maximum atomic E-state index is 14.2. The van der Waals surface area contributed by atoms with Crippen molar-refractivity contribution in [3.8, 4) is 17.6 Å². The van der Waals surface area contributed by atoms with E-state index in [1.807, 2.05) is 0 Å². The quantitative estimate of drug-likeness (QED) is 0.0417. The Morgan fingerprint density at radius 2 is 1.44 bits per heavy atom. The molecule has 304 valence electrons. The highest BCUT2D eigenvalue weighted by Gasteiger charge is 2.49. The van der Waals surface area contributed by atoms with Crippen LogP contribution >= 0.6 is 0 Å². The predicted molar refractivity (Wildman–Crippen MR) is 213 cm³/mol. The minimum atomic E-state index is -2.31. The summed E-state index contributed by atoms with van der Waals surface area (Å²) in [5.74, 6) is 2.76. The Kier molecular flexibility index (Phi) is 22.7. The van der Waals surface area contributed by atoms with Gasteiger partial charge in [-0.05, 0) is 91.8 Å². The van der Waals surface area contributed by atoms with Crippen molar-refractivity contribution in [1.82, 2.24) is 5.32 Å². The third-order valence-corrected chi connectivity index (χ3v) is 8.56. The van der Waals surface area contributed by atoms with Crippen LogP contribution in [0.15, 0.2) is 36.4 Å². The van der Waals surface area contributed by atoms with E-state index in [1.54, 1.807) is 78.8 Å². The molecule has 0 saturated heterocycles. The van der Waals surface area contributed by atoms with Crippen molar-refractivity contribution >= 4 is 23.6 Å². The number of methoxy groups -OCH3 is 1. The SMILES string of the molecule is CC#CCOc1ccc(C[C@H](NC(=O)[C@@H](C=CCCCCCCC(=O)CCCCCCC)[C@@](O)(CCOC)C(=O)OC(C)(C)C)C(=O)OC(C)(C)C)cc1. The number of esters is 2. The van der Waals surface area contributed by atoms with Crippen LogP contribution in [0.2, 0.25) is 0 Å². The lowest BCUT2D eigenvalue weighted by atomic mass is 9.82. The van der Waals surface area contributed by atoms with Crippen LogP contribution < -0.4 is 10.1 Å². The number of allylic oxidation sites excluding steroid dienone is 1. The van der Waals surface area contributed by atoms with Gasteiger partial charge in [-0.2, -0.15) is 0 Å². The van der Waals surface area contributed by atoms with Crippen molar-refractivity contribution in [3.05, 3.63) is 42.0 Å². The molecule has 0 fully saturated rings. The van der Waals surface area contributed by atoms with Gasteiger partial charge in [-0.3, -0.25) is 9.59 Å². The summed E-state index contributed by atoms with van der Waals surface area (Å²) >= 11 is 0. The number of hydrogen-bond donors (Lipinski definition) is 2. The van der Waals surface area contributed by atoms with Gasteiger partial charge < -0.3 is 29.4 Å². The molecule has 3 atom stereocenters. The summed E-state index contributed by atoms with van der Waals surface area (Å²) in [7, 11) is 1.44. The van der Waals surface area contributed by atoms with E-state index >= 15 is 0 Å². The van der Waals surface area contributed by atoms with Crippen molar-refractivity contribution in [3.63, 3.8) is 0 Å². The minimum Gasteiger partial charge on any atom is -0.481 e. The summed E-state index contributed by atoms with van der Waals surface area (Å²) in [6.07, 6.45) is 14.1. The summed E-state index contributed by atoms with van der Waals surface area (Å²) in [5, 5.41) is 14.8. The number of hydrogen-bond acceptors (Lipinski definition) is 9. The van der Waals surface area contributed by atoms with E-state index < -0.39 is 46.6 Å². The Bertz CT molecular complexity index is 1360. The number of rotatable bonds is 26. The highest BCUT2D eigenvalue weighted by molar-refractivity contribution is 5.93. The van der Waals surface area contributed by atoms with Crippen molar-refractivity contribution in [2.24, 2.45) is 5.92 Å². The lowest BCUT2D eigenvalue weighted by molar-refractivity contribution is -0.185. The van der Waals surface area contributed by atoms with E-state index in [0.717, 1.165) is 44.1 Å². The first kappa shape index (κ1) is 48.3. The molecule has 0 aliphatic heterocycles. The molecule has 0 aliphatic carbocycles. The fourth-order valence-electron chi connectivity index (χ4n) is 5.67. The summed E-state index contributed by atoms with van der Waals surface area (Å²) in [5.41, 5.74) is -3.37. The van der Waals surface area contributed by atoms with Crippen LogP contribution in [0.3, 0.4) is 0 Å². The van der Waals surface area contributed by atoms with Gasteiger partial charge in [0.15, 0.2) is 5.60 Å². The number of carbonyl (C=O) groups is 4. The van der Waals surface area contributed by atoms with Gasteiger partial charge in [0.25, 0.3) is 0 Å². The lowest BCUT2D eigenvalue weighted by Gasteiger charge is -2.35. The third-order valence-electron chi connectivity index (χ3n) is 8.56. The van der Waals surface area contributed by atoms with Gasteiger partial charge in [0, 0.05) is 39.4 Å². The Morgan fingerprint density at radius 3 is 2.00 bits per heavy atom. The summed E-state index contributed by atoms with van der Waals surface area (Å²) < 4.78 is 22.2. The maximum absolute atomic E-state index is 14.2. The molecule has 0 unspecified atom stereocenters. The molecule has 54 heavy (non-hydrogen) atoms. The number of carbonyl (C=O) groups excluding carboxylic acids is 4. The van der Waals surface area contributed by atoms with Crippen LogP contribution in [0.4, 0.5) is 0 Å². The smallest absolute Gasteiger partial charge is 0.339 e. The number of Topliss-reactive ketones (excluding diaryl/α,β-unsaturated/α-hetero) is 1. The monoisotopic (exact) mass is 755 g/mol. The zero-order valence-electron chi connectivity index (χ0n) is 34.6. The normalized spacial score (nSPS) is 14.0. The number of aliphatic hydroxyl groups is 1. The molecule has 0 aromatic heterocycles. The number of amides is 1. The largest absolute Gasteiger partial charge is 0.481 e. The zero-order valence-corrected chi connectivity index (χ0v) is 34.6. The maximum Gasteiger partial charge on any atom is 0.339 e. The Labute approximate surface area is 325 Å². The number of benzene rings is 1. The fourth-order valence-corrected chi connectivity index (χ4v) is 5.67. The van der Waals surface area contributed by atoms with Crippen LogP contribution in [0.1, 0.15) is 144 Å². The summed E-state index contributed by atoms with van der Waals surface area (Å²) in [6, 6.07) is 5.94. The first-order valence-corrected chi connectivity index (χ1v) is 19.7. The molecule has 1 rings (SSSR count).